The van der Waals surface area contributed by atoms with E-state index in [9.17, 15) is 0 Å². The third-order valence-electron chi connectivity index (χ3n) is 10.9. The predicted molar refractivity (Wildman–Crippen MR) is 225 cm³/mol. The first kappa shape index (κ1) is 31.1. The van der Waals surface area contributed by atoms with Crippen LogP contribution in [0, 0.1) is 0 Å². The molecule has 0 fully saturated rings. The number of aromatic nitrogens is 3. The van der Waals surface area contributed by atoms with Crippen LogP contribution in [0.3, 0.4) is 0 Å². The summed E-state index contributed by atoms with van der Waals surface area (Å²) >= 11 is 1.90. The van der Waals surface area contributed by atoms with Crippen LogP contribution >= 0.6 is 11.3 Å². The van der Waals surface area contributed by atoms with Gasteiger partial charge in [0.1, 0.15) is 11.2 Å². The molecule has 3 aromatic heterocycles. The standard InChI is InChI=1S/C49H33N3OS/c1-3-12-30(13-4-1)31-22-24-34(25-23-31)48-50-47(33-15-5-2-6-16-33)51-49(52-48)45-37(28-29-41-44(45)38-18-9-10-20-40(38)53-41)36-19-11-21-42-43(36)39-27-26-32-14-7-8-17-35(32)46(39)54-42/h2-3,5-10,12-18,20-29H,1,4,11,19H2. The number of para-hydroxylation sites is 1. The summed E-state index contributed by atoms with van der Waals surface area (Å²) in [7, 11) is 0. The number of furan rings is 1. The van der Waals surface area contributed by atoms with E-state index in [2.05, 4.69) is 121 Å². The number of nitrogens with zero attached hydrogens (tertiary/aromatic N) is 3. The molecule has 0 amide bonds. The molecule has 0 spiro atoms. The van der Waals surface area contributed by atoms with Crippen LogP contribution in [0.25, 0.3) is 94.2 Å². The maximum atomic E-state index is 6.54. The summed E-state index contributed by atoms with van der Waals surface area (Å²) in [5.41, 5.74) is 9.45. The molecule has 5 heteroatoms. The van der Waals surface area contributed by atoms with Gasteiger partial charge >= 0.3 is 0 Å². The second-order valence-corrected chi connectivity index (χ2v) is 15.1. The Bertz CT molecular complexity index is 3150. The summed E-state index contributed by atoms with van der Waals surface area (Å²) in [6.45, 7) is 0. The lowest BCUT2D eigenvalue weighted by Gasteiger charge is -2.17. The zero-order chi connectivity index (χ0) is 35.6. The maximum Gasteiger partial charge on any atom is 0.165 e. The molecule has 0 saturated heterocycles. The van der Waals surface area contributed by atoms with Crippen molar-refractivity contribution in [3.05, 3.63) is 166 Å². The van der Waals surface area contributed by atoms with Crippen molar-refractivity contribution >= 4 is 71.4 Å². The molecule has 0 saturated carbocycles. The molecule has 0 unspecified atom stereocenters. The number of hydrogen-bond acceptors (Lipinski definition) is 5. The van der Waals surface area contributed by atoms with Gasteiger partial charge in [0.15, 0.2) is 17.5 Å². The Kier molecular flexibility index (Phi) is 7.27. The van der Waals surface area contributed by atoms with Crippen molar-refractivity contribution in [3.63, 3.8) is 0 Å². The van der Waals surface area contributed by atoms with Gasteiger partial charge in [-0.05, 0) is 70.9 Å². The molecule has 11 rings (SSSR count). The normalized spacial score (nSPS) is 14.1. The molecule has 3 heterocycles. The van der Waals surface area contributed by atoms with Gasteiger partial charge in [-0.3, -0.25) is 0 Å². The molecule has 2 aliphatic carbocycles. The summed E-state index contributed by atoms with van der Waals surface area (Å²) in [6.07, 6.45) is 13.2. The molecule has 0 bridgehead atoms. The van der Waals surface area contributed by atoms with Crippen molar-refractivity contribution in [2.45, 2.75) is 25.7 Å². The van der Waals surface area contributed by atoms with Crippen LogP contribution in [0.1, 0.15) is 36.8 Å². The predicted octanol–water partition coefficient (Wildman–Crippen LogP) is 11.6. The smallest absolute Gasteiger partial charge is 0.165 e. The van der Waals surface area contributed by atoms with Gasteiger partial charge in [0.25, 0.3) is 0 Å². The van der Waals surface area contributed by atoms with Crippen LogP contribution in [0.15, 0.2) is 150 Å². The Morgan fingerprint density at radius 1 is 0.537 bits per heavy atom. The Balaban J connectivity index is 1.22. The van der Waals surface area contributed by atoms with Crippen molar-refractivity contribution in [2.24, 2.45) is 0 Å². The van der Waals surface area contributed by atoms with E-state index in [1.54, 1.807) is 0 Å². The SMILES string of the molecule is C1=CC(c2ccc(-c3nc(-c4ccccc4)nc(-c4c(C5=c6c(sc7c6ccc6ccccc67)=CCC5)ccc5oc6ccccc6c45)n3)cc2)=CCC1. The zero-order valence-corrected chi connectivity index (χ0v) is 30.2. The van der Waals surface area contributed by atoms with E-state index in [4.69, 9.17) is 19.4 Å². The number of thiophene rings is 1. The van der Waals surface area contributed by atoms with Gasteiger partial charge in [-0.1, -0.05) is 140 Å². The second kappa shape index (κ2) is 12.6. The van der Waals surface area contributed by atoms with Crippen LogP contribution in [0.2, 0.25) is 0 Å². The summed E-state index contributed by atoms with van der Waals surface area (Å²) in [5.74, 6) is 1.93. The number of hydrogen-bond donors (Lipinski definition) is 0. The molecule has 2 aliphatic rings. The van der Waals surface area contributed by atoms with Crippen molar-refractivity contribution < 1.29 is 4.42 Å². The lowest BCUT2D eigenvalue weighted by Crippen LogP contribution is -2.25. The van der Waals surface area contributed by atoms with Gasteiger partial charge in [0.2, 0.25) is 0 Å². The third-order valence-corrected chi connectivity index (χ3v) is 12.1. The van der Waals surface area contributed by atoms with Crippen LogP contribution in [0.4, 0.5) is 0 Å². The molecular formula is C49H33N3OS. The minimum atomic E-state index is 0.640. The van der Waals surface area contributed by atoms with Gasteiger partial charge < -0.3 is 4.42 Å². The first-order chi connectivity index (χ1) is 26.8. The number of benzene rings is 6. The van der Waals surface area contributed by atoms with Crippen molar-refractivity contribution in [2.75, 3.05) is 0 Å². The van der Waals surface area contributed by atoms with Crippen LogP contribution in [-0.4, -0.2) is 15.0 Å². The first-order valence-electron chi connectivity index (χ1n) is 18.6. The van der Waals surface area contributed by atoms with E-state index in [1.165, 1.54) is 47.3 Å². The first-order valence-corrected chi connectivity index (χ1v) is 19.5. The van der Waals surface area contributed by atoms with E-state index >= 15 is 0 Å². The Morgan fingerprint density at radius 3 is 2.11 bits per heavy atom. The van der Waals surface area contributed by atoms with E-state index in [0.717, 1.165) is 69.9 Å². The molecule has 0 N–H and O–H groups in total. The van der Waals surface area contributed by atoms with Gasteiger partial charge in [0.05, 0.1) is 0 Å². The maximum absolute atomic E-state index is 6.54. The average Bonchev–Trinajstić information content (AvgIpc) is 3.83. The van der Waals surface area contributed by atoms with E-state index in [0.29, 0.717) is 17.5 Å². The van der Waals surface area contributed by atoms with E-state index in [1.807, 2.05) is 41.7 Å². The number of rotatable bonds is 5. The van der Waals surface area contributed by atoms with E-state index in [-0.39, 0.29) is 0 Å². The fourth-order valence-corrected chi connectivity index (χ4v) is 9.65. The molecule has 0 aliphatic heterocycles. The molecular weight excluding hydrogens is 679 g/mol. The Hall–Kier alpha value is -6.43. The van der Waals surface area contributed by atoms with Crippen LogP contribution in [0.5, 0.6) is 0 Å². The fourth-order valence-electron chi connectivity index (χ4n) is 8.31. The lowest BCUT2D eigenvalue weighted by atomic mass is 9.88. The third kappa shape index (κ3) is 5.07. The molecule has 0 radical (unpaired) electrons. The van der Waals surface area contributed by atoms with Crippen molar-refractivity contribution in [1.29, 1.82) is 0 Å². The van der Waals surface area contributed by atoms with Gasteiger partial charge in [-0.25, -0.2) is 15.0 Å². The molecule has 256 valence electrons. The quantitative estimate of drug-likeness (QED) is 0.178. The van der Waals surface area contributed by atoms with Gasteiger partial charge in [-0.2, -0.15) is 0 Å². The highest BCUT2D eigenvalue weighted by Crippen LogP contribution is 2.42. The minimum absolute atomic E-state index is 0.640. The highest BCUT2D eigenvalue weighted by atomic mass is 32.1. The fraction of sp³-hybridized carbons (Fsp3) is 0.0816. The summed E-state index contributed by atoms with van der Waals surface area (Å²) < 4.78 is 9.20. The zero-order valence-electron chi connectivity index (χ0n) is 29.4. The number of allylic oxidation sites excluding steroid dienone is 4. The largest absolute Gasteiger partial charge is 0.456 e. The average molecular weight is 712 g/mol. The monoisotopic (exact) mass is 711 g/mol. The van der Waals surface area contributed by atoms with E-state index < -0.39 is 0 Å². The molecule has 9 aromatic rings. The van der Waals surface area contributed by atoms with Gasteiger partial charge in [0, 0.05) is 47.3 Å². The Morgan fingerprint density at radius 2 is 1.28 bits per heavy atom. The summed E-state index contributed by atoms with van der Waals surface area (Å²) in [6, 6.07) is 44.9. The minimum Gasteiger partial charge on any atom is -0.456 e. The number of fused-ring (bicyclic) bond motifs is 8. The molecule has 0 atom stereocenters. The highest BCUT2D eigenvalue weighted by molar-refractivity contribution is 7.18. The van der Waals surface area contributed by atoms with Crippen molar-refractivity contribution in [1.82, 2.24) is 15.0 Å². The molecule has 4 nitrogen and oxygen atoms in total. The van der Waals surface area contributed by atoms with Crippen LogP contribution < -0.4 is 9.75 Å². The summed E-state index contributed by atoms with van der Waals surface area (Å²) in [5, 5.41) is 7.26. The van der Waals surface area contributed by atoms with Crippen molar-refractivity contribution in [3.8, 4) is 34.2 Å². The summed E-state index contributed by atoms with van der Waals surface area (Å²) in [4.78, 5) is 15.8. The Labute approximate surface area is 315 Å². The van der Waals surface area contributed by atoms with Gasteiger partial charge in [-0.15, -0.1) is 11.3 Å². The lowest BCUT2D eigenvalue weighted by molar-refractivity contribution is 0.669. The van der Waals surface area contributed by atoms with Crippen LogP contribution in [-0.2, 0) is 0 Å². The molecule has 6 aromatic carbocycles. The highest BCUT2D eigenvalue weighted by Gasteiger charge is 2.24. The second-order valence-electron chi connectivity index (χ2n) is 14.1. The molecule has 54 heavy (non-hydrogen) atoms. The topological polar surface area (TPSA) is 51.8 Å².